The molecule has 0 heterocycles. The highest BCUT2D eigenvalue weighted by Crippen LogP contribution is 2.28. The number of esters is 1. The van der Waals surface area contributed by atoms with Crippen LogP contribution in [0.3, 0.4) is 0 Å². The van der Waals surface area contributed by atoms with Crippen molar-refractivity contribution in [1.29, 1.82) is 0 Å². The number of amides is 1. The first-order valence-corrected chi connectivity index (χ1v) is 8.73. The fourth-order valence-corrected chi connectivity index (χ4v) is 2.53. The van der Waals surface area contributed by atoms with Crippen molar-refractivity contribution in [1.82, 2.24) is 0 Å². The van der Waals surface area contributed by atoms with E-state index in [1.165, 1.54) is 19.1 Å². The van der Waals surface area contributed by atoms with Gasteiger partial charge in [-0.25, -0.2) is 4.79 Å². The van der Waals surface area contributed by atoms with Gasteiger partial charge in [0.2, 0.25) is 0 Å². The number of carbonyl (C=O) groups excluding carboxylic acids is 2. The summed E-state index contributed by atoms with van der Waals surface area (Å²) in [5.74, 6) is -1.28. The van der Waals surface area contributed by atoms with Crippen molar-refractivity contribution >= 4 is 23.3 Å². The van der Waals surface area contributed by atoms with E-state index in [1.807, 2.05) is 26.0 Å². The first-order chi connectivity index (χ1) is 13.2. The molecule has 8 nitrogen and oxygen atoms in total. The lowest BCUT2D eigenvalue weighted by atomic mass is 10.1. The number of nitro benzene ring substituents is 1. The van der Waals surface area contributed by atoms with Gasteiger partial charge in [0.1, 0.15) is 0 Å². The third kappa shape index (κ3) is 5.06. The maximum absolute atomic E-state index is 12.3. The zero-order valence-electron chi connectivity index (χ0n) is 16.1. The van der Waals surface area contributed by atoms with Crippen LogP contribution in [0.1, 0.15) is 35.3 Å². The Hall–Kier alpha value is -3.42. The van der Waals surface area contributed by atoms with Crippen LogP contribution >= 0.6 is 0 Å². The lowest BCUT2D eigenvalue weighted by molar-refractivity contribution is -0.385. The Kier molecular flexibility index (Phi) is 6.70. The molecular weight excluding hydrogens is 364 g/mol. The van der Waals surface area contributed by atoms with Crippen molar-refractivity contribution < 1.29 is 24.0 Å². The zero-order valence-corrected chi connectivity index (χ0v) is 16.1. The van der Waals surface area contributed by atoms with Crippen molar-refractivity contribution in [3.8, 4) is 5.75 Å². The molecule has 0 saturated heterocycles. The second kappa shape index (κ2) is 8.98. The van der Waals surface area contributed by atoms with Gasteiger partial charge in [-0.1, -0.05) is 17.7 Å². The molecule has 0 aliphatic heterocycles. The molecule has 8 heteroatoms. The molecule has 1 atom stereocenters. The smallest absolute Gasteiger partial charge is 0.339 e. The predicted octanol–water partition coefficient (Wildman–Crippen LogP) is 3.79. The van der Waals surface area contributed by atoms with E-state index >= 15 is 0 Å². The summed E-state index contributed by atoms with van der Waals surface area (Å²) in [6.45, 7) is 7.18. The highest BCUT2D eigenvalue weighted by Gasteiger charge is 2.23. The van der Waals surface area contributed by atoms with Gasteiger partial charge >= 0.3 is 11.7 Å². The lowest BCUT2D eigenvalue weighted by Gasteiger charge is -2.15. The molecule has 1 N–H and O–H groups in total. The Balaban J connectivity index is 2.09. The largest absolute Gasteiger partial charge is 0.487 e. The van der Waals surface area contributed by atoms with Crippen LogP contribution in [-0.4, -0.2) is 29.5 Å². The molecule has 1 amide bonds. The number of nitrogens with zero attached hydrogens (tertiary/aromatic N) is 1. The quantitative estimate of drug-likeness (QED) is 0.441. The average Bonchev–Trinajstić information content (AvgIpc) is 2.64. The molecule has 28 heavy (non-hydrogen) atoms. The number of carbonyl (C=O) groups is 2. The number of ether oxygens (including phenoxy) is 2. The summed E-state index contributed by atoms with van der Waals surface area (Å²) in [6.07, 6.45) is -1.08. The van der Waals surface area contributed by atoms with Crippen LogP contribution in [0.4, 0.5) is 11.4 Å². The predicted molar refractivity (Wildman–Crippen MR) is 104 cm³/mol. The molecule has 2 aromatic carbocycles. The number of benzene rings is 2. The number of anilines is 1. The Morgan fingerprint density at radius 1 is 1.18 bits per heavy atom. The second-order valence-electron chi connectivity index (χ2n) is 6.23. The van der Waals surface area contributed by atoms with Crippen LogP contribution in [0.5, 0.6) is 5.75 Å². The van der Waals surface area contributed by atoms with Gasteiger partial charge in [-0.15, -0.1) is 0 Å². The van der Waals surface area contributed by atoms with Crippen LogP contribution < -0.4 is 10.1 Å². The van der Waals surface area contributed by atoms with Crippen molar-refractivity contribution in [2.75, 3.05) is 11.9 Å². The second-order valence-corrected chi connectivity index (χ2v) is 6.23. The third-order valence-corrected chi connectivity index (χ3v) is 3.98. The summed E-state index contributed by atoms with van der Waals surface area (Å²) in [4.78, 5) is 35.1. The number of aryl methyl sites for hydroxylation is 2. The minimum absolute atomic E-state index is 0.0404. The summed E-state index contributed by atoms with van der Waals surface area (Å²) < 4.78 is 10.3. The number of rotatable bonds is 7. The van der Waals surface area contributed by atoms with E-state index in [1.54, 1.807) is 13.0 Å². The van der Waals surface area contributed by atoms with Gasteiger partial charge in [0.25, 0.3) is 5.91 Å². The third-order valence-electron chi connectivity index (χ3n) is 3.98. The summed E-state index contributed by atoms with van der Waals surface area (Å²) >= 11 is 0. The fourth-order valence-electron chi connectivity index (χ4n) is 2.53. The van der Waals surface area contributed by atoms with E-state index in [2.05, 4.69) is 5.32 Å². The molecular formula is C20H22N2O6. The minimum atomic E-state index is -1.08. The lowest BCUT2D eigenvalue weighted by Crippen LogP contribution is -2.30. The van der Waals surface area contributed by atoms with E-state index in [0.717, 1.165) is 17.2 Å². The molecule has 2 aromatic rings. The summed E-state index contributed by atoms with van der Waals surface area (Å²) in [6, 6.07) is 9.31. The molecule has 0 aliphatic carbocycles. The van der Waals surface area contributed by atoms with Gasteiger partial charge in [-0.3, -0.25) is 14.9 Å². The van der Waals surface area contributed by atoms with Crippen LogP contribution in [0.15, 0.2) is 36.4 Å². The van der Waals surface area contributed by atoms with Crippen LogP contribution in [0.2, 0.25) is 0 Å². The molecule has 2 rings (SSSR count). The van der Waals surface area contributed by atoms with Gasteiger partial charge in [0, 0.05) is 11.8 Å². The minimum Gasteiger partial charge on any atom is -0.487 e. The molecule has 0 spiro atoms. The van der Waals surface area contributed by atoms with Crippen molar-refractivity contribution in [3.63, 3.8) is 0 Å². The van der Waals surface area contributed by atoms with E-state index in [4.69, 9.17) is 9.47 Å². The van der Waals surface area contributed by atoms with Crippen LogP contribution in [-0.2, 0) is 9.53 Å². The van der Waals surface area contributed by atoms with E-state index in [9.17, 15) is 19.7 Å². The van der Waals surface area contributed by atoms with Crippen molar-refractivity contribution in [2.45, 2.75) is 33.8 Å². The Morgan fingerprint density at radius 2 is 1.89 bits per heavy atom. The Morgan fingerprint density at radius 3 is 2.50 bits per heavy atom. The zero-order chi connectivity index (χ0) is 20.8. The molecule has 0 radical (unpaired) electrons. The Labute approximate surface area is 162 Å². The molecule has 0 aromatic heterocycles. The van der Waals surface area contributed by atoms with Gasteiger partial charge < -0.3 is 14.8 Å². The van der Waals surface area contributed by atoms with Gasteiger partial charge in [0.05, 0.1) is 17.1 Å². The standard InChI is InChI=1S/C20H22N2O6/c1-5-27-18-9-7-15(11-17(18)22(25)26)20(24)28-14(4)19(23)21-16-8-6-12(2)10-13(16)3/h6-11,14H,5H2,1-4H3,(H,21,23)/t14-/m1/s1. The summed E-state index contributed by atoms with van der Waals surface area (Å²) in [5.41, 5.74) is 2.18. The molecule has 0 aliphatic rings. The Bertz CT molecular complexity index is 910. The van der Waals surface area contributed by atoms with E-state index in [0.29, 0.717) is 5.69 Å². The number of nitrogens with one attached hydrogen (secondary N) is 1. The normalized spacial score (nSPS) is 11.4. The number of nitro groups is 1. The first-order valence-electron chi connectivity index (χ1n) is 8.73. The topological polar surface area (TPSA) is 108 Å². The maximum atomic E-state index is 12.3. The van der Waals surface area contributed by atoms with E-state index in [-0.39, 0.29) is 23.6 Å². The molecule has 148 valence electrons. The monoisotopic (exact) mass is 386 g/mol. The SMILES string of the molecule is CCOc1ccc(C(=O)O[C@H](C)C(=O)Nc2ccc(C)cc2C)cc1[N+](=O)[O-]. The van der Waals surface area contributed by atoms with Crippen LogP contribution in [0.25, 0.3) is 0 Å². The maximum Gasteiger partial charge on any atom is 0.339 e. The van der Waals surface area contributed by atoms with Gasteiger partial charge in [-0.2, -0.15) is 0 Å². The highest BCUT2D eigenvalue weighted by molar-refractivity contribution is 5.98. The van der Waals surface area contributed by atoms with Crippen molar-refractivity contribution in [3.05, 3.63) is 63.2 Å². The first kappa shape index (κ1) is 20.9. The summed E-state index contributed by atoms with van der Waals surface area (Å²) in [7, 11) is 0. The molecule has 0 bridgehead atoms. The van der Waals surface area contributed by atoms with Crippen LogP contribution in [0, 0.1) is 24.0 Å². The van der Waals surface area contributed by atoms with Gasteiger partial charge in [0.15, 0.2) is 11.9 Å². The summed E-state index contributed by atoms with van der Waals surface area (Å²) in [5, 5.41) is 13.9. The fraction of sp³-hybridized carbons (Fsp3) is 0.300. The average molecular weight is 386 g/mol. The highest BCUT2D eigenvalue weighted by atomic mass is 16.6. The van der Waals surface area contributed by atoms with Gasteiger partial charge in [-0.05, 0) is 51.5 Å². The molecule has 0 fully saturated rings. The number of hydrogen-bond donors (Lipinski definition) is 1. The van der Waals surface area contributed by atoms with Crippen molar-refractivity contribution in [2.24, 2.45) is 0 Å². The molecule has 0 saturated carbocycles. The number of hydrogen-bond acceptors (Lipinski definition) is 6. The van der Waals surface area contributed by atoms with E-state index < -0.39 is 22.9 Å². The molecule has 0 unspecified atom stereocenters.